The van der Waals surface area contributed by atoms with Crippen molar-refractivity contribution in [3.63, 3.8) is 0 Å². The summed E-state index contributed by atoms with van der Waals surface area (Å²) in [5.74, 6) is 0. The molecule has 0 saturated carbocycles. The number of piperazine rings is 1. The van der Waals surface area contributed by atoms with Gasteiger partial charge in [0.1, 0.15) is 11.0 Å². The second kappa shape index (κ2) is 7.42. The molecule has 1 fully saturated rings. The van der Waals surface area contributed by atoms with E-state index in [0.717, 1.165) is 56.7 Å². The van der Waals surface area contributed by atoms with Crippen molar-refractivity contribution in [2.75, 3.05) is 37.6 Å². The minimum Gasteiger partial charge on any atom is -0.369 e. The molecule has 0 amide bonds. The van der Waals surface area contributed by atoms with Crippen LogP contribution in [-0.4, -0.2) is 52.6 Å². The molecule has 6 heteroatoms. The van der Waals surface area contributed by atoms with Gasteiger partial charge in [-0.1, -0.05) is 29.8 Å². The van der Waals surface area contributed by atoms with E-state index in [9.17, 15) is 0 Å². The number of anilines is 1. The third kappa shape index (κ3) is 3.94. The van der Waals surface area contributed by atoms with Gasteiger partial charge in [-0.05, 0) is 36.8 Å². The van der Waals surface area contributed by atoms with Gasteiger partial charge in [-0.25, -0.2) is 0 Å². The van der Waals surface area contributed by atoms with E-state index >= 15 is 0 Å². The Bertz CT molecular complexity index is 824. The predicted molar refractivity (Wildman–Crippen MR) is 102 cm³/mol. The molecule has 0 atom stereocenters. The van der Waals surface area contributed by atoms with E-state index in [1.807, 2.05) is 18.2 Å². The fraction of sp³-hybridized carbons (Fsp3) is 0.368. The number of hydrogen-bond acceptors (Lipinski definition) is 4. The SMILES string of the molecule is Clc1ccc2nn(CCCN3CCN(c4ccccc4)CC3)nc2c1. The number of benzene rings is 2. The molecule has 2 aromatic carbocycles. The van der Waals surface area contributed by atoms with Crippen LogP contribution in [0.2, 0.25) is 5.02 Å². The molecule has 0 spiro atoms. The van der Waals surface area contributed by atoms with Gasteiger partial charge in [0.15, 0.2) is 0 Å². The molecule has 1 aliphatic heterocycles. The molecule has 3 aromatic rings. The Labute approximate surface area is 152 Å². The summed E-state index contributed by atoms with van der Waals surface area (Å²) in [6.07, 6.45) is 1.06. The lowest BCUT2D eigenvalue weighted by molar-refractivity contribution is 0.247. The number of nitrogens with zero attached hydrogens (tertiary/aromatic N) is 5. The zero-order chi connectivity index (χ0) is 17.1. The van der Waals surface area contributed by atoms with Crippen molar-refractivity contribution in [2.45, 2.75) is 13.0 Å². The molecule has 2 heterocycles. The highest BCUT2D eigenvalue weighted by Crippen LogP contribution is 2.17. The molecule has 25 heavy (non-hydrogen) atoms. The number of fused-ring (bicyclic) bond motifs is 1. The summed E-state index contributed by atoms with van der Waals surface area (Å²) in [5, 5.41) is 9.72. The summed E-state index contributed by atoms with van der Waals surface area (Å²) < 4.78 is 0. The monoisotopic (exact) mass is 355 g/mol. The molecule has 0 N–H and O–H groups in total. The van der Waals surface area contributed by atoms with Crippen LogP contribution in [0.5, 0.6) is 0 Å². The van der Waals surface area contributed by atoms with Crippen molar-refractivity contribution < 1.29 is 0 Å². The molecular formula is C19H22ClN5. The van der Waals surface area contributed by atoms with Crippen LogP contribution in [0.4, 0.5) is 5.69 Å². The average molecular weight is 356 g/mol. The maximum Gasteiger partial charge on any atom is 0.114 e. The Hall–Kier alpha value is -2.11. The molecular weight excluding hydrogens is 334 g/mol. The van der Waals surface area contributed by atoms with Gasteiger partial charge in [0.2, 0.25) is 0 Å². The van der Waals surface area contributed by atoms with Gasteiger partial charge < -0.3 is 4.90 Å². The summed E-state index contributed by atoms with van der Waals surface area (Å²) in [4.78, 5) is 6.78. The van der Waals surface area contributed by atoms with Gasteiger partial charge in [0.25, 0.3) is 0 Å². The fourth-order valence-corrected chi connectivity index (χ4v) is 3.50. The Morgan fingerprint density at radius 1 is 0.840 bits per heavy atom. The van der Waals surface area contributed by atoms with Crippen LogP contribution in [0.15, 0.2) is 48.5 Å². The standard InChI is InChI=1S/C19H22ClN5/c20-16-7-8-18-19(15-16)22-25(21-18)10-4-9-23-11-13-24(14-12-23)17-5-2-1-3-6-17/h1-3,5-8,15H,4,9-14H2. The highest BCUT2D eigenvalue weighted by molar-refractivity contribution is 6.31. The van der Waals surface area contributed by atoms with Crippen LogP contribution in [-0.2, 0) is 6.54 Å². The number of aryl methyl sites for hydroxylation is 1. The molecule has 0 aliphatic carbocycles. The van der Waals surface area contributed by atoms with Crippen LogP contribution < -0.4 is 4.90 Å². The first-order chi connectivity index (χ1) is 12.3. The maximum atomic E-state index is 6.00. The van der Waals surface area contributed by atoms with Gasteiger partial charge in [0.05, 0.1) is 6.54 Å². The van der Waals surface area contributed by atoms with E-state index in [1.165, 1.54) is 5.69 Å². The van der Waals surface area contributed by atoms with Gasteiger partial charge in [-0.15, -0.1) is 0 Å². The lowest BCUT2D eigenvalue weighted by atomic mass is 10.2. The average Bonchev–Trinajstić information content (AvgIpc) is 3.05. The van der Waals surface area contributed by atoms with E-state index in [-0.39, 0.29) is 0 Å². The zero-order valence-corrected chi connectivity index (χ0v) is 14.9. The van der Waals surface area contributed by atoms with Crippen LogP contribution in [0.3, 0.4) is 0 Å². The van der Waals surface area contributed by atoms with Crippen LogP contribution >= 0.6 is 11.6 Å². The zero-order valence-electron chi connectivity index (χ0n) is 14.2. The smallest absolute Gasteiger partial charge is 0.114 e. The van der Waals surface area contributed by atoms with Gasteiger partial charge in [-0.2, -0.15) is 15.0 Å². The van der Waals surface area contributed by atoms with E-state index in [4.69, 9.17) is 11.6 Å². The second-order valence-electron chi connectivity index (χ2n) is 6.45. The predicted octanol–water partition coefficient (Wildman–Crippen LogP) is 3.30. The molecule has 1 aliphatic rings. The molecule has 1 saturated heterocycles. The summed E-state index contributed by atoms with van der Waals surface area (Å²) in [7, 11) is 0. The molecule has 0 radical (unpaired) electrons. The fourth-order valence-electron chi connectivity index (χ4n) is 3.34. The van der Waals surface area contributed by atoms with Gasteiger partial charge in [0, 0.05) is 43.4 Å². The molecule has 130 valence electrons. The Balaban J connectivity index is 1.25. The number of halogens is 1. The molecule has 0 bridgehead atoms. The molecule has 1 aromatic heterocycles. The van der Waals surface area contributed by atoms with Crippen molar-refractivity contribution in [3.8, 4) is 0 Å². The topological polar surface area (TPSA) is 37.2 Å². The Kier molecular flexibility index (Phi) is 4.85. The van der Waals surface area contributed by atoms with Crippen molar-refractivity contribution in [1.82, 2.24) is 19.9 Å². The summed E-state index contributed by atoms with van der Waals surface area (Å²) in [5.41, 5.74) is 3.10. The lowest BCUT2D eigenvalue weighted by Crippen LogP contribution is -2.46. The summed E-state index contributed by atoms with van der Waals surface area (Å²) >= 11 is 6.00. The number of rotatable bonds is 5. The van der Waals surface area contributed by atoms with Crippen LogP contribution in [0, 0.1) is 0 Å². The lowest BCUT2D eigenvalue weighted by Gasteiger charge is -2.36. The number of para-hydroxylation sites is 1. The highest BCUT2D eigenvalue weighted by atomic mass is 35.5. The van der Waals surface area contributed by atoms with E-state index in [0.29, 0.717) is 5.02 Å². The summed E-state index contributed by atoms with van der Waals surface area (Å²) in [6, 6.07) is 16.3. The number of hydrogen-bond donors (Lipinski definition) is 0. The van der Waals surface area contributed by atoms with E-state index in [1.54, 1.807) is 4.80 Å². The number of aromatic nitrogens is 3. The van der Waals surface area contributed by atoms with Crippen molar-refractivity contribution in [3.05, 3.63) is 53.6 Å². The molecule has 5 nitrogen and oxygen atoms in total. The first kappa shape index (κ1) is 16.4. The van der Waals surface area contributed by atoms with Crippen LogP contribution in [0.25, 0.3) is 11.0 Å². The first-order valence-corrected chi connectivity index (χ1v) is 9.18. The van der Waals surface area contributed by atoms with E-state index in [2.05, 4.69) is 50.3 Å². The largest absolute Gasteiger partial charge is 0.369 e. The minimum atomic E-state index is 0.704. The Morgan fingerprint density at radius 3 is 2.40 bits per heavy atom. The first-order valence-electron chi connectivity index (χ1n) is 8.81. The van der Waals surface area contributed by atoms with E-state index < -0.39 is 0 Å². The normalized spacial score (nSPS) is 15.8. The van der Waals surface area contributed by atoms with Crippen molar-refractivity contribution >= 4 is 28.3 Å². The minimum absolute atomic E-state index is 0.704. The van der Waals surface area contributed by atoms with Gasteiger partial charge in [-0.3, -0.25) is 4.90 Å². The third-order valence-electron chi connectivity index (χ3n) is 4.71. The molecule has 4 rings (SSSR count). The highest BCUT2D eigenvalue weighted by Gasteiger charge is 2.16. The second-order valence-corrected chi connectivity index (χ2v) is 6.88. The quantitative estimate of drug-likeness (QED) is 0.703. The van der Waals surface area contributed by atoms with Crippen molar-refractivity contribution in [1.29, 1.82) is 0 Å². The Morgan fingerprint density at radius 2 is 1.60 bits per heavy atom. The third-order valence-corrected chi connectivity index (χ3v) is 4.94. The van der Waals surface area contributed by atoms with Crippen molar-refractivity contribution in [2.24, 2.45) is 0 Å². The molecule has 0 unspecified atom stereocenters. The maximum absolute atomic E-state index is 6.00. The van der Waals surface area contributed by atoms with Gasteiger partial charge >= 0.3 is 0 Å². The summed E-state index contributed by atoms with van der Waals surface area (Å²) in [6.45, 7) is 6.32. The van der Waals surface area contributed by atoms with Crippen LogP contribution in [0.1, 0.15) is 6.42 Å².